The van der Waals surface area contributed by atoms with Crippen LogP contribution in [0.15, 0.2) is 24.3 Å². The highest BCUT2D eigenvalue weighted by Gasteiger charge is 2.23. The molecule has 0 N–H and O–H groups in total. The van der Waals surface area contributed by atoms with Gasteiger partial charge in [0.25, 0.3) is 0 Å². The maximum absolute atomic E-state index is 2.40. The summed E-state index contributed by atoms with van der Waals surface area (Å²) in [5.74, 6) is 0. The number of benzene rings is 1. The molecule has 0 aromatic heterocycles. The fraction of sp³-hybridized carbons (Fsp3) is 0.500. The second-order valence-electron chi connectivity index (χ2n) is 4.29. The third-order valence-electron chi connectivity index (χ3n) is 3.15. The van der Waals surface area contributed by atoms with E-state index in [-0.39, 0.29) is 0 Å². The fourth-order valence-corrected chi connectivity index (χ4v) is 2.47. The number of likely N-dealkylation sites (N-methyl/N-ethyl adjacent to an activating group) is 2. The summed E-state index contributed by atoms with van der Waals surface area (Å²) in [7, 11) is 4.40. The van der Waals surface area contributed by atoms with Crippen molar-refractivity contribution in [3.63, 3.8) is 0 Å². The van der Waals surface area contributed by atoms with Crippen LogP contribution in [0.4, 0.5) is 5.69 Å². The Morgan fingerprint density at radius 2 is 2.00 bits per heavy atom. The first-order valence-electron chi connectivity index (χ1n) is 5.34. The molecule has 1 aliphatic heterocycles. The molecule has 1 saturated heterocycles. The number of nitrogens with zero attached hydrogens (tertiary/aromatic N) is 2. The van der Waals surface area contributed by atoms with E-state index >= 15 is 0 Å². The summed E-state index contributed by atoms with van der Waals surface area (Å²) >= 11 is 2.34. The molecule has 3 heteroatoms. The fourth-order valence-electron chi connectivity index (χ4n) is 2.11. The predicted octanol–water partition coefficient (Wildman–Crippen LogP) is 2.43. The van der Waals surface area contributed by atoms with Crippen molar-refractivity contribution in [1.82, 2.24) is 4.90 Å². The van der Waals surface area contributed by atoms with E-state index in [4.69, 9.17) is 0 Å². The Hall–Kier alpha value is -0.290. The van der Waals surface area contributed by atoms with Crippen molar-refractivity contribution in [2.24, 2.45) is 0 Å². The average molecular weight is 316 g/mol. The summed E-state index contributed by atoms with van der Waals surface area (Å²) in [5.41, 5.74) is 1.33. The van der Waals surface area contributed by atoms with Gasteiger partial charge in [-0.3, -0.25) is 0 Å². The van der Waals surface area contributed by atoms with Crippen LogP contribution in [0.25, 0.3) is 0 Å². The molecule has 0 radical (unpaired) electrons. The van der Waals surface area contributed by atoms with Crippen molar-refractivity contribution in [3.05, 3.63) is 27.8 Å². The van der Waals surface area contributed by atoms with Crippen molar-refractivity contribution >= 4 is 28.3 Å². The van der Waals surface area contributed by atoms with Gasteiger partial charge in [-0.05, 0) is 66.9 Å². The van der Waals surface area contributed by atoms with Crippen molar-refractivity contribution in [1.29, 1.82) is 0 Å². The lowest BCUT2D eigenvalue weighted by Gasteiger charge is -2.26. The molecule has 0 aliphatic carbocycles. The first-order chi connectivity index (χ1) is 7.16. The van der Waals surface area contributed by atoms with Gasteiger partial charge in [0.1, 0.15) is 0 Å². The minimum Gasteiger partial charge on any atom is -0.370 e. The Labute approximate surface area is 105 Å². The van der Waals surface area contributed by atoms with Gasteiger partial charge in [-0.25, -0.2) is 0 Å². The van der Waals surface area contributed by atoms with Gasteiger partial charge in [0, 0.05) is 28.9 Å². The van der Waals surface area contributed by atoms with Gasteiger partial charge in [-0.15, -0.1) is 0 Å². The number of hydrogen-bond donors (Lipinski definition) is 0. The minimum atomic E-state index is 0.676. The van der Waals surface area contributed by atoms with Gasteiger partial charge in [0.2, 0.25) is 0 Å². The molecule has 0 amide bonds. The van der Waals surface area contributed by atoms with Crippen LogP contribution in [0.1, 0.15) is 6.42 Å². The lowest BCUT2D eigenvalue weighted by molar-refractivity contribution is 0.409. The van der Waals surface area contributed by atoms with Crippen molar-refractivity contribution in [3.8, 4) is 0 Å². The predicted molar refractivity (Wildman–Crippen MR) is 73.5 cm³/mol. The van der Waals surface area contributed by atoms with Crippen molar-refractivity contribution in [2.45, 2.75) is 12.5 Å². The van der Waals surface area contributed by atoms with Crippen LogP contribution in [0, 0.1) is 3.57 Å². The van der Waals surface area contributed by atoms with Crippen LogP contribution in [0.2, 0.25) is 0 Å². The average Bonchev–Trinajstić information content (AvgIpc) is 2.65. The van der Waals surface area contributed by atoms with E-state index < -0.39 is 0 Å². The zero-order chi connectivity index (χ0) is 10.8. The molecule has 0 saturated carbocycles. The van der Waals surface area contributed by atoms with E-state index in [0.29, 0.717) is 6.04 Å². The lowest BCUT2D eigenvalue weighted by atomic mass is 10.2. The number of likely N-dealkylation sites (tertiary alicyclic amines) is 1. The van der Waals surface area contributed by atoms with E-state index in [2.05, 4.69) is 70.8 Å². The zero-order valence-corrected chi connectivity index (χ0v) is 11.4. The van der Waals surface area contributed by atoms with Gasteiger partial charge >= 0.3 is 0 Å². The van der Waals surface area contributed by atoms with E-state index in [1.807, 2.05) is 0 Å². The molecule has 82 valence electrons. The Morgan fingerprint density at radius 3 is 2.53 bits per heavy atom. The Balaban J connectivity index is 2.07. The Morgan fingerprint density at radius 1 is 1.33 bits per heavy atom. The SMILES string of the molecule is CN1CCC(N(C)c2ccc(I)cc2)C1. The topological polar surface area (TPSA) is 6.48 Å². The van der Waals surface area contributed by atoms with Crippen molar-refractivity contribution in [2.75, 3.05) is 32.1 Å². The minimum absolute atomic E-state index is 0.676. The van der Waals surface area contributed by atoms with E-state index in [1.54, 1.807) is 0 Å². The quantitative estimate of drug-likeness (QED) is 0.773. The van der Waals surface area contributed by atoms with E-state index in [9.17, 15) is 0 Å². The normalized spacial score (nSPS) is 21.9. The Bertz CT molecular complexity index is 323. The third kappa shape index (κ3) is 2.64. The van der Waals surface area contributed by atoms with Crippen LogP contribution < -0.4 is 4.90 Å². The molecule has 0 spiro atoms. The van der Waals surface area contributed by atoms with Crippen LogP contribution in [-0.2, 0) is 0 Å². The number of rotatable bonds is 2. The van der Waals surface area contributed by atoms with Gasteiger partial charge in [0.05, 0.1) is 0 Å². The van der Waals surface area contributed by atoms with E-state index in [1.165, 1.54) is 28.8 Å². The second-order valence-corrected chi connectivity index (χ2v) is 5.54. The Kier molecular flexibility index (Phi) is 3.51. The summed E-state index contributed by atoms with van der Waals surface area (Å²) in [5, 5.41) is 0. The maximum Gasteiger partial charge on any atom is 0.0425 e. The lowest BCUT2D eigenvalue weighted by Crippen LogP contribution is -2.33. The first-order valence-corrected chi connectivity index (χ1v) is 6.41. The molecular formula is C12H17IN2. The highest BCUT2D eigenvalue weighted by molar-refractivity contribution is 14.1. The van der Waals surface area contributed by atoms with Crippen LogP contribution in [-0.4, -0.2) is 38.1 Å². The van der Waals surface area contributed by atoms with E-state index in [0.717, 1.165) is 0 Å². The summed E-state index contributed by atoms with van der Waals surface area (Å²) in [6.07, 6.45) is 1.28. The second kappa shape index (κ2) is 4.70. The molecule has 1 aliphatic rings. The van der Waals surface area contributed by atoms with Crippen LogP contribution >= 0.6 is 22.6 Å². The molecule has 2 nitrogen and oxygen atoms in total. The molecular weight excluding hydrogens is 299 g/mol. The molecule has 2 rings (SSSR count). The highest BCUT2D eigenvalue weighted by atomic mass is 127. The molecule has 1 aromatic carbocycles. The van der Waals surface area contributed by atoms with Crippen molar-refractivity contribution < 1.29 is 0 Å². The summed E-state index contributed by atoms with van der Waals surface area (Å²) in [6.45, 7) is 2.40. The molecule has 1 fully saturated rings. The molecule has 15 heavy (non-hydrogen) atoms. The molecule has 1 unspecified atom stereocenters. The van der Waals surface area contributed by atoms with Gasteiger partial charge < -0.3 is 9.80 Å². The third-order valence-corrected chi connectivity index (χ3v) is 3.87. The molecule has 1 aromatic rings. The van der Waals surface area contributed by atoms with Gasteiger partial charge in [-0.1, -0.05) is 0 Å². The van der Waals surface area contributed by atoms with Gasteiger partial charge in [0.15, 0.2) is 0 Å². The molecule has 1 heterocycles. The number of halogens is 1. The number of anilines is 1. The standard InChI is InChI=1S/C12H17IN2/c1-14-8-7-12(9-14)15(2)11-5-3-10(13)4-6-11/h3-6,12H,7-9H2,1-2H3. The smallest absolute Gasteiger partial charge is 0.0425 e. The largest absolute Gasteiger partial charge is 0.370 e. The summed E-state index contributed by atoms with van der Waals surface area (Å²) < 4.78 is 1.30. The first kappa shape index (κ1) is 11.2. The van der Waals surface area contributed by atoms with Crippen LogP contribution in [0.5, 0.6) is 0 Å². The monoisotopic (exact) mass is 316 g/mol. The summed E-state index contributed by atoms with van der Waals surface area (Å²) in [6, 6.07) is 9.44. The zero-order valence-electron chi connectivity index (χ0n) is 9.28. The molecule has 1 atom stereocenters. The summed E-state index contributed by atoms with van der Waals surface area (Å²) in [4.78, 5) is 4.80. The van der Waals surface area contributed by atoms with Gasteiger partial charge in [-0.2, -0.15) is 0 Å². The van der Waals surface area contributed by atoms with Crippen LogP contribution in [0.3, 0.4) is 0 Å². The maximum atomic E-state index is 2.40. The number of hydrogen-bond acceptors (Lipinski definition) is 2. The molecule has 0 bridgehead atoms. The highest BCUT2D eigenvalue weighted by Crippen LogP contribution is 2.21.